The van der Waals surface area contributed by atoms with E-state index in [9.17, 15) is 13.8 Å². The lowest BCUT2D eigenvalue weighted by molar-refractivity contribution is 0.0637. The number of aromatic nitrogens is 2. The number of hydrogen-bond acceptors (Lipinski definition) is 9. The van der Waals surface area contributed by atoms with Gasteiger partial charge in [-0.15, -0.1) is 4.36 Å². The number of benzene rings is 2. The molecule has 58 heavy (non-hydrogen) atoms. The Bertz CT molecular complexity index is 2140. The normalized spacial score (nSPS) is 28.9. The van der Waals surface area contributed by atoms with Crippen molar-refractivity contribution >= 4 is 44.8 Å². The summed E-state index contributed by atoms with van der Waals surface area (Å²) in [6.45, 7) is 9.63. The van der Waals surface area contributed by atoms with Gasteiger partial charge in [0, 0.05) is 69.6 Å². The molecule has 3 aliphatic heterocycles. The highest BCUT2D eigenvalue weighted by Gasteiger charge is 2.43. The van der Waals surface area contributed by atoms with E-state index in [-0.39, 0.29) is 52.3 Å². The Labute approximate surface area is 348 Å². The number of methoxy groups -OCH3 is 2. The minimum atomic E-state index is -3.63. The first-order valence-electron chi connectivity index (χ1n) is 20.8. The highest BCUT2D eigenvalue weighted by molar-refractivity contribution is 7.92. The zero-order valence-corrected chi connectivity index (χ0v) is 36.3. The van der Waals surface area contributed by atoms with Crippen molar-refractivity contribution in [2.45, 2.75) is 83.3 Å². The number of hydrogen-bond donors (Lipinski definition) is 1. The van der Waals surface area contributed by atoms with E-state index in [2.05, 4.69) is 62.1 Å². The summed E-state index contributed by atoms with van der Waals surface area (Å²) in [6, 6.07) is 11.6. The predicted octanol–water partition coefficient (Wildman–Crippen LogP) is 7.39. The molecular formula is C44H59ClN6O6S. The average molecular weight is 836 g/mol. The van der Waals surface area contributed by atoms with Gasteiger partial charge in [-0.1, -0.05) is 57.0 Å². The van der Waals surface area contributed by atoms with Gasteiger partial charge in [0.05, 0.1) is 30.3 Å². The lowest BCUT2D eigenvalue weighted by atomic mass is 9.70. The molecule has 6 atom stereocenters. The third-order valence-corrected chi connectivity index (χ3v) is 14.9. The summed E-state index contributed by atoms with van der Waals surface area (Å²) in [4.78, 5) is 32.9. The standard InChI is InChI=1S/C44H59ClN6O6S/c1-7-35-30(3)24-51-27-44(19-9-11-31-22-33(45)14-15-37(31)44)28-57-40-16-13-32(23-38(40)51)42(52)47-58(54,26-29(2)10-8-12-39(35)56-6)48-43(53)36-25-49(4)46-41(36)50-20-17-34(55-5)18-21-50/h8,12-16,22-23,25,29-30,34-35,39H,7,9-11,17-21,24,26-28H2,1-6H3,(H,47,48,52,53,54)/b12-8+/t29-,30-,35+,39-,44-,58?/m0/s1. The molecule has 1 fully saturated rings. The van der Waals surface area contributed by atoms with Gasteiger partial charge in [-0.2, -0.15) is 5.10 Å². The highest BCUT2D eigenvalue weighted by Crippen LogP contribution is 2.45. The van der Waals surface area contributed by atoms with Crippen molar-refractivity contribution in [2.24, 2.45) is 29.2 Å². The van der Waals surface area contributed by atoms with Gasteiger partial charge >= 0.3 is 0 Å². The Balaban J connectivity index is 1.28. The number of rotatable bonds is 6. The molecule has 1 N–H and O–H groups in total. The van der Waals surface area contributed by atoms with Gasteiger partial charge in [0.2, 0.25) is 0 Å². The van der Waals surface area contributed by atoms with Crippen molar-refractivity contribution < 1.29 is 28.0 Å². The number of halogens is 1. The zero-order valence-electron chi connectivity index (χ0n) is 34.7. The molecular weight excluding hydrogens is 776 g/mol. The van der Waals surface area contributed by atoms with Crippen LogP contribution in [0.4, 0.5) is 11.5 Å². The molecule has 0 radical (unpaired) electrons. The Morgan fingerprint density at radius 3 is 2.64 bits per heavy atom. The number of carbonyl (C=O) groups excluding carboxylic acids is 2. The lowest BCUT2D eigenvalue weighted by Gasteiger charge is -2.42. The van der Waals surface area contributed by atoms with E-state index in [4.69, 9.17) is 25.8 Å². The number of carbonyl (C=O) groups is 2. The number of aryl methyl sites for hydroxylation is 2. The molecule has 0 saturated carbocycles. The largest absolute Gasteiger partial charge is 0.490 e. The molecule has 1 aromatic heterocycles. The van der Waals surface area contributed by atoms with Crippen molar-refractivity contribution in [3.8, 4) is 5.75 Å². The van der Waals surface area contributed by atoms with Crippen molar-refractivity contribution in [1.82, 2.24) is 14.5 Å². The number of ether oxygens (including phenoxy) is 3. The summed E-state index contributed by atoms with van der Waals surface area (Å²) in [5, 5.41) is 5.34. The van der Waals surface area contributed by atoms with Crippen molar-refractivity contribution in [3.63, 3.8) is 0 Å². The maximum Gasteiger partial charge on any atom is 0.286 e. The second-order valence-corrected chi connectivity index (χ2v) is 19.3. The summed E-state index contributed by atoms with van der Waals surface area (Å²) in [5.41, 5.74) is 3.56. The first-order valence-corrected chi connectivity index (χ1v) is 22.8. The quantitative estimate of drug-likeness (QED) is 0.253. The topological polar surface area (TPSA) is 128 Å². The van der Waals surface area contributed by atoms with Gasteiger partial charge < -0.3 is 24.0 Å². The molecule has 314 valence electrons. The van der Waals surface area contributed by atoms with Crippen molar-refractivity contribution in [2.75, 3.05) is 62.6 Å². The van der Waals surface area contributed by atoms with Crippen LogP contribution >= 0.6 is 11.6 Å². The molecule has 14 heteroatoms. The summed E-state index contributed by atoms with van der Waals surface area (Å²) in [6.07, 6.45) is 11.8. The van der Waals surface area contributed by atoms with Crippen LogP contribution in [0.1, 0.15) is 91.1 Å². The number of allylic oxidation sites excluding steroid dienone is 1. The molecule has 1 saturated heterocycles. The molecule has 4 heterocycles. The van der Waals surface area contributed by atoms with Crippen LogP contribution in [0.3, 0.4) is 0 Å². The monoisotopic (exact) mass is 834 g/mol. The van der Waals surface area contributed by atoms with E-state index >= 15 is 0 Å². The van der Waals surface area contributed by atoms with Gasteiger partial charge in [-0.3, -0.25) is 19.0 Å². The van der Waals surface area contributed by atoms with Gasteiger partial charge in [0.25, 0.3) is 11.8 Å². The van der Waals surface area contributed by atoms with Gasteiger partial charge in [-0.25, -0.2) is 4.21 Å². The predicted molar refractivity (Wildman–Crippen MR) is 230 cm³/mol. The molecule has 12 nitrogen and oxygen atoms in total. The summed E-state index contributed by atoms with van der Waals surface area (Å²) in [7, 11) is 1.59. The third kappa shape index (κ3) is 8.97. The molecule has 2 amide bonds. The Kier molecular flexibility index (Phi) is 12.9. The van der Waals surface area contributed by atoms with Crippen LogP contribution in [0.25, 0.3) is 0 Å². The van der Waals surface area contributed by atoms with Crippen LogP contribution < -0.4 is 19.3 Å². The Hall–Kier alpha value is -3.91. The Morgan fingerprint density at radius 1 is 1.10 bits per heavy atom. The van der Waals surface area contributed by atoms with E-state index in [0.29, 0.717) is 50.8 Å². The number of nitrogens with zero attached hydrogens (tertiary/aromatic N) is 5. The van der Waals surface area contributed by atoms with Gasteiger partial charge in [0.1, 0.15) is 21.2 Å². The fourth-order valence-electron chi connectivity index (χ4n) is 9.65. The van der Waals surface area contributed by atoms with E-state index in [0.717, 1.165) is 49.2 Å². The summed E-state index contributed by atoms with van der Waals surface area (Å²) < 4.78 is 42.1. The molecule has 7 rings (SSSR count). The van der Waals surface area contributed by atoms with Crippen molar-refractivity contribution in [1.29, 1.82) is 0 Å². The molecule has 2 bridgehead atoms. The van der Waals surface area contributed by atoms with Gasteiger partial charge in [-0.05, 0) is 97.7 Å². The Morgan fingerprint density at radius 2 is 1.90 bits per heavy atom. The number of anilines is 2. The van der Waals surface area contributed by atoms with Gasteiger partial charge in [0.15, 0.2) is 5.82 Å². The van der Waals surface area contributed by atoms with Crippen LogP contribution in [0.5, 0.6) is 5.75 Å². The zero-order chi connectivity index (χ0) is 41.2. The van der Waals surface area contributed by atoms with Crippen molar-refractivity contribution in [3.05, 3.63) is 82.0 Å². The molecule has 4 aliphatic rings. The van der Waals surface area contributed by atoms with Crippen LogP contribution in [-0.4, -0.2) is 90.8 Å². The lowest BCUT2D eigenvalue weighted by Crippen LogP contribution is -2.47. The summed E-state index contributed by atoms with van der Waals surface area (Å²) >= 11 is 6.50. The number of piperidine rings is 1. The fourth-order valence-corrected chi connectivity index (χ4v) is 11.7. The summed E-state index contributed by atoms with van der Waals surface area (Å²) in [5.74, 6) is 0.130. The first-order chi connectivity index (χ1) is 27.8. The maximum absolute atomic E-state index is 15.0. The second kappa shape index (κ2) is 17.7. The second-order valence-electron chi connectivity index (χ2n) is 16.9. The van der Waals surface area contributed by atoms with E-state index < -0.39 is 21.7 Å². The smallest absolute Gasteiger partial charge is 0.286 e. The van der Waals surface area contributed by atoms with Crippen LogP contribution in [0.2, 0.25) is 5.02 Å². The van der Waals surface area contributed by atoms with E-state index in [1.807, 2.05) is 25.1 Å². The van der Waals surface area contributed by atoms with Crippen LogP contribution in [-0.2, 0) is 38.3 Å². The van der Waals surface area contributed by atoms with Crippen LogP contribution in [0, 0.1) is 17.8 Å². The highest BCUT2D eigenvalue weighted by atomic mass is 35.5. The van der Waals surface area contributed by atoms with E-state index in [1.165, 1.54) is 11.1 Å². The molecule has 3 aromatic rings. The number of nitrogens with one attached hydrogen (secondary N) is 1. The average Bonchev–Trinajstić information content (AvgIpc) is 3.53. The molecule has 2 aromatic carbocycles. The van der Waals surface area contributed by atoms with Crippen LogP contribution in [0.15, 0.2) is 59.1 Å². The molecule has 1 spiro atoms. The maximum atomic E-state index is 15.0. The SMILES string of the molecule is CC[C@H]1[C@@H](OC)/C=C/C[C@H](C)CS(=O)(NC(=O)c2cn(C)nc2N2CCC(OC)CC2)=NC(=O)c2ccc3c(c2)N(C[C@@H]1C)C[C@@]1(CCCc2cc(Cl)ccc21)CO3. The number of fused-ring (bicyclic) bond motifs is 3. The molecule has 1 aliphatic carbocycles. The van der Waals surface area contributed by atoms with E-state index in [1.54, 1.807) is 38.2 Å². The third-order valence-electron chi connectivity index (χ3n) is 12.7. The fraction of sp³-hybridized carbons (Fsp3) is 0.568. The molecule has 1 unspecified atom stereocenters. The first kappa shape index (κ1) is 42.2. The minimum absolute atomic E-state index is 0.0268. The minimum Gasteiger partial charge on any atom is -0.490 e. The number of amides is 2.